The number of benzene rings is 1. The molecule has 0 radical (unpaired) electrons. The highest BCUT2D eigenvalue weighted by molar-refractivity contribution is 6.43. The second kappa shape index (κ2) is 7.16. The van der Waals surface area contributed by atoms with E-state index in [-0.39, 0.29) is 5.82 Å². The molecule has 2 aromatic rings. The average molecular weight is 328 g/mol. The van der Waals surface area contributed by atoms with E-state index >= 15 is 0 Å². The lowest BCUT2D eigenvalue weighted by Gasteiger charge is -2.28. The average Bonchev–Trinajstić information content (AvgIpc) is 3.01. The summed E-state index contributed by atoms with van der Waals surface area (Å²) in [6.07, 6.45) is 3.70. The zero-order valence-electron chi connectivity index (χ0n) is 13.5. The van der Waals surface area contributed by atoms with Gasteiger partial charge in [-0.15, -0.1) is 0 Å². The van der Waals surface area contributed by atoms with Gasteiger partial charge in [0.05, 0.1) is 0 Å². The maximum absolute atomic E-state index is 11.9. The summed E-state index contributed by atoms with van der Waals surface area (Å²) in [5.74, 6) is -0.767. The fourth-order valence-electron chi connectivity index (χ4n) is 2.69. The van der Waals surface area contributed by atoms with Gasteiger partial charge >= 0.3 is 11.8 Å². The van der Waals surface area contributed by atoms with Crippen molar-refractivity contribution in [3.8, 4) is 0 Å². The molecule has 3 rings (SSSR count). The Morgan fingerprint density at radius 2 is 1.71 bits per heavy atom. The molecule has 2 N–H and O–H groups in total. The number of anilines is 3. The number of carbonyl (C=O) groups is 2. The third kappa shape index (κ3) is 3.92. The number of aryl methyl sites for hydroxylation is 1. The van der Waals surface area contributed by atoms with Crippen molar-refractivity contribution < 1.29 is 14.1 Å². The van der Waals surface area contributed by atoms with Gasteiger partial charge in [-0.25, -0.2) is 0 Å². The lowest BCUT2D eigenvalue weighted by molar-refractivity contribution is -0.133. The van der Waals surface area contributed by atoms with Gasteiger partial charge in [-0.1, -0.05) is 5.16 Å². The Kier molecular flexibility index (Phi) is 4.79. The van der Waals surface area contributed by atoms with E-state index in [0.29, 0.717) is 11.4 Å². The van der Waals surface area contributed by atoms with Crippen LogP contribution in [0.25, 0.3) is 0 Å². The van der Waals surface area contributed by atoms with Gasteiger partial charge in [-0.05, 0) is 50.5 Å². The molecule has 2 heterocycles. The Labute approximate surface area is 140 Å². The Morgan fingerprint density at radius 1 is 1.04 bits per heavy atom. The molecule has 126 valence electrons. The first-order valence-electron chi connectivity index (χ1n) is 8.02. The van der Waals surface area contributed by atoms with Crippen molar-refractivity contribution in [2.45, 2.75) is 26.2 Å². The number of aromatic nitrogens is 1. The molecule has 0 saturated carbocycles. The summed E-state index contributed by atoms with van der Waals surface area (Å²) in [6.45, 7) is 3.82. The van der Waals surface area contributed by atoms with Gasteiger partial charge < -0.3 is 14.7 Å². The highest BCUT2D eigenvalue weighted by Gasteiger charge is 2.16. The first kappa shape index (κ1) is 16.0. The summed E-state index contributed by atoms with van der Waals surface area (Å²) in [6, 6.07) is 9.06. The van der Waals surface area contributed by atoms with Crippen LogP contribution in [0.2, 0.25) is 0 Å². The molecule has 0 aliphatic carbocycles. The molecule has 0 spiro atoms. The van der Waals surface area contributed by atoms with Crippen LogP contribution in [0, 0.1) is 6.92 Å². The quantitative estimate of drug-likeness (QED) is 0.846. The van der Waals surface area contributed by atoms with Crippen LogP contribution in [-0.4, -0.2) is 30.1 Å². The van der Waals surface area contributed by atoms with Crippen molar-refractivity contribution in [1.82, 2.24) is 5.16 Å². The normalized spacial score (nSPS) is 14.3. The van der Waals surface area contributed by atoms with Crippen molar-refractivity contribution in [3.63, 3.8) is 0 Å². The third-order valence-electron chi connectivity index (χ3n) is 3.92. The molecule has 1 aliphatic rings. The van der Waals surface area contributed by atoms with Crippen molar-refractivity contribution in [1.29, 1.82) is 0 Å². The molecule has 0 unspecified atom stereocenters. The molecule has 1 fully saturated rings. The van der Waals surface area contributed by atoms with E-state index in [0.717, 1.165) is 18.8 Å². The fraction of sp³-hybridized carbons (Fsp3) is 0.353. The van der Waals surface area contributed by atoms with Crippen molar-refractivity contribution in [3.05, 3.63) is 36.1 Å². The van der Waals surface area contributed by atoms with Gasteiger partial charge in [0.25, 0.3) is 0 Å². The van der Waals surface area contributed by atoms with Crippen LogP contribution in [0.5, 0.6) is 0 Å². The summed E-state index contributed by atoms with van der Waals surface area (Å²) in [4.78, 5) is 26.1. The number of nitrogens with one attached hydrogen (secondary N) is 2. The van der Waals surface area contributed by atoms with Gasteiger partial charge in [0, 0.05) is 30.5 Å². The van der Waals surface area contributed by atoms with Crippen LogP contribution in [0.4, 0.5) is 17.2 Å². The largest absolute Gasteiger partial charge is 0.372 e. The molecule has 1 aliphatic heterocycles. The summed E-state index contributed by atoms with van der Waals surface area (Å²) >= 11 is 0. The zero-order chi connectivity index (χ0) is 16.9. The third-order valence-corrected chi connectivity index (χ3v) is 3.92. The second-order valence-electron chi connectivity index (χ2n) is 5.83. The predicted molar refractivity (Wildman–Crippen MR) is 91.0 cm³/mol. The maximum Gasteiger partial charge on any atom is 0.315 e. The summed E-state index contributed by atoms with van der Waals surface area (Å²) in [5.41, 5.74) is 1.71. The summed E-state index contributed by atoms with van der Waals surface area (Å²) in [5, 5.41) is 8.57. The van der Waals surface area contributed by atoms with E-state index in [1.165, 1.54) is 19.3 Å². The minimum Gasteiger partial charge on any atom is -0.372 e. The minimum atomic E-state index is -0.789. The predicted octanol–water partition coefficient (Wildman–Crippen LogP) is 2.55. The molecule has 0 bridgehead atoms. The van der Waals surface area contributed by atoms with E-state index in [9.17, 15) is 9.59 Å². The number of piperidine rings is 1. The fourth-order valence-corrected chi connectivity index (χ4v) is 2.69. The molecule has 24 heavy (non-hydrogen) atoms. The van der Waals surface area contributed by atoms with E-state index in [4.69, 9.17) is 4.52 Å². The molecule has 2 amide bonds. The maximum atomic E-state index is 11.9. The van der Waals surface area contributed by atoms with Crippen LogP contribution in [-0.2, 0) is 9.59 Å². The molecule has 7 heteroatoms. The molecule has 1 saturated heterocycles. The van der Waals surface area contributed by atoms with Gasteiger partial charge in [0.2, 0.25) is 0 Å². The molecular weight excluding hydrogens is 308 g/mol. The topological polar surface area (TPSA) is 87.5 Å². The van der Waals surface area contributed by atoms with Crippen LogP contribution >= 0.6 is 0 Å². The van der Waals surface area contributed by atoms with Crippen molar-refractivity contribution in [2.75, 3.05) is 28.6 Å². The Bertz CT molecular complexity index is 718. The van der Waals surface area contributed by atoms with E-state index in [2.05, 4.69) is 20.7 Å². The smallest absolute Gasteiger partial charge is 0.315 e. The van der Waals surface area contributed by atoms with Gasteiger partial charge in [0.15, 0.2) is 5.82 Å². The standard InChI is InChI=1S/C17H20N4O3/c1-12-11-15(20-24-12)19-17(23)16(22)18-13-5-7-14(8-6-13)21-9-3-2-4-10-21/h5-8,11H,2-4,9-10H2,1H3,(H,18,22)(H,19,20,23). The van der Waals surface area contributed by atoms with Crippen LogP contribution in [0.1, 0.15) is 25.0 Å². The Morgan fingerprint density at radius 3 is 2.33 bits per heavy atom. The highest BCUT2D eigenvalue weighted by atomic mass is 16.5. The number of rotatable bonds is 3. The monoisotopic (exact) mass is 328 g/mol. The lowest BCUT2D eigenvalue weighted by atomic mass is 10.1. The lowest BCUT2D eigenvalue weighted by Crippen LogP contribution is -2.30. The van der Waals surface area contributed by atoms with Crippen molar-refractivity contribution >= 4 is 29.0 Å². The van der Waals surface area contributed by atoms with Gasteiger partial charge in [-0.2, -0.15) is 0 Å². The first-order valence-corrected chi connectivity index (χ1v) is 8.02. The van der Waals surface area contributed by atoms with E-state index in [1.54, 1.807) is 25.1 Å². The molecular formula is C17H20N4O3. The number of carbonyl (C=O) groups excluding carboxylic acids is 2. The van der Waals surface area contributed by atoms with Crippen molar-refractivity contribution in [2.24, 2.45) is 0 Å². The van der Waals surface area contributed by atoms with E-state index in [1.807, 2.05) is 12.1 Å². The molecule has 0 atom stereocenters. The molecule has 1 aromatic carbocycles. The van der Waals surface area contributed by atoms with Gasteiger partial charge in [0.1, 0.15) is 5.76 Å². The van der Waals surface area contributed by atoms with Gasteiger partial charge in [-0.3, -0.25) is 14.9 Å². The number of hydrogen-bond donors (Lipinski definition) is 2. The first-order chi connectivity index (χ1) is 11.6. The van der Waals surface area contributed by atoms with Crippen LogP contribution < -0.4 is 15.5 Å². The Balaban J connectivity index is 1.56. The molecule has 1 aromatic heterocycles. The zero-order valence-corrected chi connectivity index (χ0v) is 13.5. The summed E-state index contributed by atoms with van der Waals surface area (Å²) in [7, 11) is 0. The summed E-state index contributed by atoms with van der Waals surface area (Å²) < 4.78 is 4.83. The van der Waals surface area contributed by atoms with Crippen LogP contribution in [0.15, 0.2) is 34.9 Å². The minimum absolute atomic E-state index is 0.216. The Hall–Kier alpha value is -2.83. The number of nitrogens with zero attached hydrogens (tertiary/aromatic N) is 2. The number of hydrogen-bond acceptors (Lipinski definition) is 5. The molecule has 7 nitrogen and oxygen atoms in total. The second-order valence-corrected chi connectivity index (χ2v) is 5.83. The number of amides is 2. The van der Waals surface area contributed by atoms with Crippen LogP contribution in [0.3, 0.4) is 0 Å². The SMILES string of the molecule is Cc1cc(NC(=O)C(=O)Nc2ccc(N3CCCCC3)cc2)no1. The van der Waals surface area contributed by atoms with E-state index < -0.39 is 11.8 Å². The highest BCUT2D eigenvalue weighted by Crippen LogP contribution is 2.21.